The van der Waals surface area contributed by atoms with Gasteiger partial charge in [-0.15, -0.1) is 0 Å². The Morgan fingerprint density at radius 2 is 1.79 bits per heavy atom. The van der Waals surface area contributed by atoms with Crippen LogP contribution in [-0.4, -0.2) is 38.9 Å². The van der Waals surface area contributed by atoms with Crippen molar-refractivity contribution in [2.45, 2.75) is 38.0 Å². The first kappa shape index (κ1) is 20.2. The smallest absolute Gasteiger partial charge is 0.261 e. The van der Waals surface area contributed by atoms with Crippen LogP contribution in [0.3, 0.4) is 0 Å². The van der Waals surface area contributed by atoms with Crippen molar-refractivity contribution in [3.8, 4) is 5.75 Å². The highest BCUT2D eigenvalue weighted by Crippen LogP contribution is 2.24. The third-order valence-electron chi connectivity index (χ3n) is 4.78. The molecule has 0 bridgehead atoms. The molecule has 0 radical (unpaired) electrons. The summed E-state index contributed by atoms with van der Waals surface area (Å²) in [5, 5.41) is 0. The van der Waals surface area contributed by atoms with Crippen molar-refractivity contribution in [1.29, 1.82) is 0 Å². The molecule has 6 nitrogen and oxygen atoms in total. The van der Waals surface area contributed by atoms with E-state index >= 15 is 0 Å². The predicted octanol–water partition coefficient (Wildman–Crippen LogP) is 3.36. The second kappa shape index (κ2) is 8.65. The van der Waals surface area contributed by atoms with Crippen LogP contribution in [0.4, 0.5) is 5.69 Å². The van der Waals surface area contributed by atoms with Gasteiger partial charge in [0.15, 0.2) is 0 Å². The van der Waals surface area contributed by atoms with E-state index in [9.17, 15) is 13.2 Å². The molecule has 0 unspecified atom stereocenters. The number of carbonyl (C=O) groups excluding carboxylic acids is 1. The molecule has 1 aliphatic heterocycles. The van der Waals surface area contributed by atoms with E-state index in [1.54, 1.807) is 36.4 Å². The maximum atomic E-state index is 12.6. The topological polar surface area (TPSA) is 75.7 Å². The Labute approximate surface area is 166 Å². The van der Waals surface area contributed by atoms with Crippen LogP contribution in [-0.2, 0) is 21.2 Å². The van der Waals surface area contributed by atoms with Gasteiger partial charge in [0.05, 0.1) is 17.9 Å². The molecular weight excluding hydrogens is 376 g/mol. The number of benzene rings is 2. The Morgan fingerprint density at radius 3 is 2.39 bits per heavy atom. The number of hydrogen-bond donors (Lipinski definition) is 1. The fraction of sp³-hybridized carbons (Fsp3) is 0.381. The molecular formula is C21H26N2O4S. The zero-order chi connectivity index (χ0) is 20.1. The molecule has 1 heterocycles. The summed E-state index contributed by atoms with van der Waals surface area (Å²) in [7, 11) is -3.70. The molecule has 7 heteroatoms. The third kappa shape index (κ3) is 4.84. The third-order valence-corrected chi connectivity index (χ3v) is 6.16. The van der Waals surface area contributed by atoms with Gasteiger partial charge in [0, 0.05) is 18.8 Å². The van der Waals surface area contributed by atoms with Gasteiger partial charge in [-0.3, -0.25) is 9.52 Å². The number of hydrogen-bond acceptors (Lipinski definition) is 4. The number of rotatable bonds is 7. The zero-order valence-electron chi connectivity index (χ0n) is 16.3. The van der Waals surface area contributed by atoms with E-state index < -0.39 is 10.0 Å². The molecule has 1 fully saturated rings. The summed E-state index contributed by atoms with van der Waals surface area (Å²) in [4.78, 5) is 14.3. The van der Waals surface area contributed by atoms with E-state index in [-0.39, 0.29) is 10.8 Å². The molecule has 1 saturated heterocycles. The van der Waals surface area contributed by atoms with Crippen molar-refractivity contribution in [1.82, 2.24) is 4.90 Å². The Bertz CT molecular complexity index is 933. The summed E-state index contributed by atoms with van der Waals surface area (Å²) in [6.07, 6.45) is 2.47. The van der Waals surface area contributed by atoms with Crippen molar-refractivity contribution in [2.24, 2.45) is 0 Å². The molecule has 0 saturated carbocycles. The zero-order valence-corrected chi connectivity index (χ0v) is 17.1. The molecule has 1 aliphatic rings. The molecule has 2 aromatic rings. The Hall–Kier alpha value is -2.54. The SMILES string of the molecule is CCOc1ccc(S(=O)(=O)Nc2ccc(CC(=O)N3CCCC3)cc2)cc1C. The number of amides is 1. The van der Waals surface area contributed by atoms with E-state index in [1.807, 2.05) is 18.7 Å². The fourth-order valence-corrected chi connectivity index (χ4v) is 4.41. The van der Waals surface area contributed by atoms with Gasteiger partial charge >= 0.3 is 0 Å². The highest BCUT2D eigenvalue weighted by molar-refractivity contribution is 7.92. The van der Waals surface area contributed by atoms with E-state index in [0.29, 0.717) is 24.5 Å². The fourth-order valence-electron chi connectivity index (χ4n) is 3.26. The van der Waals surface area contributed by atoms with Gasteiger partial charge in [0.25, 0.3) is 10.0 Å². The average Bonchev–Trinajstić information content (AvgIpc) is 3.20. The molecule has 2 aromatic carbocycles. The summed E-state index contributed by atoms with van der Waals surface area (Å²) in [5.41, 5.74) is 2.10. The second-order valence-corrected chi connectivity index (χ2v) is 8.61. The number of nitrogens with zero attached hydrogens (tertiary/aromatic N) is 1. The van der Waals surface area contributed by atoms with E-state index in [1.165, 1.54) is 6.07 Å². The van der Waals surface area contributed by atoms with Gasteiger partial charge in [0.2, 0.25) is 5.91 Å². The van der Waals surface area contributed by atoms with Crippen LogP contribution in [0.25, 0.3) is 0 Å². The summed E-state index contributed by atoms with van der Waals surface area (Å²) in [6, 6.07) is 11.7. The maximum absolute atomic E-state index is 12.6. The number of carbonyl (C=O) groups is 1. The quantitative estimate of drug-likeness (QED) is 0.771. The van der Waals surface area contributed by atoms with Crippen LogP contribution in [0, 0.1) is 6.92 Å². The van der Waals surface area contributed by atoms with Gasteiger partial charge < -0.3 is 9.64 Å². The van der Waals surface area contributed by atoms with E-state index in [4.69, 9.17) is 4.74 Å². The lowest BCUT2D eigenvalue weighted by molar-refractivity contribution is -0.129. The van der Waals surface area contributed by atoms with Crippen LogP contribution in [0.5, 0.6) is 5.75 Å². The minimum absolute atomic E-state index is 0.121. The molecule has 1 N–H and O–H groups in total. The van der Waals surface area contributed by atoms with Crippen LogP contribution in [0.15, 0.2) is 47.4 Å². The molecule has 0 aromatic heterocycles. The normalized spacial score (nSPS) is 14.1. The number of aryl methyl sites for hydroxylation is 1. The standard InChI is InChI=1S/C21H26N2O4S/c1-3-27-20-11-10-19(14-16(20)2)28(25,26)22-18-8-6-17(7-9-18)15-21(24)23-12-4-5-13-23/h6-11,14,22H,3-5,12-13,15H2,1-2H3. The molecule has 3 rings (SSSR count). The Balaban J connectivity index is 1.67. The first-order valence-electron chi connectivity index (χ1n) is 9.52. The van der Waals surface area contributed by atoms with Crippen molar-refractivity contribution in [3.05, 3.63) is 53.6 Å². The number of nitrogens with one attached hydrogen (secondary N) is 1. The summed E-state index contributed by atoms with van der Waals surface area (Å²) in [5.74, 6) is 0.796. The van der Waals surface area contributed by atoms with E-state index in [0.717, 1.165) is 37.1 Å². The monoisotopic (exact) mass is 402 g/mol. The van der Waals surface area contributed by atoms with Crippen molar-refractivity contribution in [2.75, 3.05) is 24.4 Å². The van der Waals surface area contributed by atoms with Crippen LogP contribution < -0.4 is 9.46 Å². The van der Waals surface area contributed by atoms with Gasteiger partial charge in [-0.1, -0.05) is 12.1 Å². The maximum Gasteiger partial charge on any atom is 0.261 e. The van der Waals surface area contributed by atoms with Crippen LogP contribution >= 0.6 is 0 Å². The molecule has 150 valence electrons. The first-order valence-corrected chi connectivity index (χ1v) is 11.0. The minimum Gasteiger partial charge on any atom is -0.494 e. The predicted molar refractivity (Wildman–Crippen MR) is 109 cm³/mol. The number of sulfonamides is 1. The van der Waals surface area contributed by atoms with Crippen LogP contribution in [0.2, 0.25) is 0 Å². The lowest BCUT2D eigenvalue weighted by Crippen LogP contribution is -2.29. The Morgan fingerprint density at radius 1 is 1.11 bits per heavy atom. The lowest BCUT2D eigenvalue weighted by atomic mass is 10.1. The van der Waals surface area contributed by atoms with Gasteiger partial charge in [0.1, 0.15) is 5.75 Å². The highest BCUT2D eigenvalue weighted by Gasteiger charge is 2.19. The molecule has 28 heavy (non-hydrogen) atoms. The van der Waals surface area contributed by atoms with Crippen molar-refractivity contribution >= 4 is 21.6 Å². The number of likely N-dealkylation sites (tertiary alicyclic amines) is 1. The summed E-state index contributed by atoms with van der Waals surface area (Å²) < 4.78 is 33.3. The Kier molecular flexibility index (Phi) is 6.24. The van der Waals surface area contributed by atoms with Gasteiger partial charge in [-0.25, -0.2) is 8.42 Å². The van der Waals surface area contributed by atoms with Crippen molar-refractivity contribution in [3.63, 3.8) is 0 Å². The molecule has 0 atom stereocenters. The average molecular weight is 403 g/mol. The molecule has 1 amide bonds. The largest absolute Gasteiger partial charge is 0.494 e. The van der Waals surface area contributed by atoms with E-state index in [2.05, 4.69) is 4.72 Å². The minimum atomic E-state index is -3.70. The first-order chi connectivity index (χ1) is 13.4. The number of ether oxygens (including phenoxy) is 1. The van der Waals surface area contributed by atoms with Gasteiger partial charge in [-0.2, -0.15) is 0 Å². The lowest BCUT2D eigenvalue weighted by Gasteiger charge is -2.15. The second-order valence-electron chi connectivity index (χ2n) is 6.93. The number of anilines is 1. The van der Waals surface area contributed by atoms with Crippen molar-refractivity contribution < 1.29 is 17.9 Å². The molecule has 0 spiro atoms. The summed E-state index contributed by atoms with van der Waals surface area (Å²) in [6.45, 7) is 5.89. The van der Waals surface area contributed by atoms with Gasteiger partial charge in [-0.05, 0) is 68.1 Å². The van der Waals surface area contributed by atoms with Crippen LogP contribution in [0.1, 0.15) is 30.9 Å². The summed E-state index contributed by atoms with van der Waals surface area (Å²) >= 11 is 0. The molecule has 0 aliphatic carbocycles. The highest BCUT2D eigenvalue weighted by atomic mass is 32.2.